The highest BCUT2D eigenvalue weighted by molar-refractivity contribution is 5.81. The van der Waals surface area contributed by atoms with Gasteiger partial charge in [0.15, 0.2) is 0 Å². The molecule has 4 rings (SSSR count). The van der Waals surface area contributed by atoms with Gasteiger partial charge in [0.2, 0.25) is 5.91 Å². The number of piperazine rings is 1. The SMILES string of the molecule is C[C@@H]1COCCN1C1CC(=O)NC(N2CCN(C(=O)C3CCCO3)C[C@@H]2C(F)(F)F)C1. The van der Waals surface area contributed by atoms with E-state index in [4.69, 9.17) is 9.47 Å². The topological polar surface area (TPSA) is 74.4 Å². The molecule has 4 saturated heterocycles. The van der Waals surface area contributed by atoms with E-state index in [1.165, 1.54) is 9.80 Å². The number of rotatable bonds is 3. The molecule has 4 aliphatic rings. The number of piperidine rings is 1. The van der Waals surface area contributed by atoms with Gasteiger partial charge in [0.25, 0.3) is 5.91 Å². The molecule has 0 saturated carbocycles. The Hall–Kier alpha value is -1.43. The van der Waals surface area contributed by atoms with Gasteiger partial charge in [-0.3, -0.25) is 19.4 Å². The largest absolute Gasteiger partial charge is 0.405 e. The normalized spacial score (nSPS) is 36.5. The number of nitrogens with zero attached hydrogens (tertiary/aromatic N) is 3. The Morgan fingerprint density at radius 2 is 1.97 bits per heavy atom. The van der Waals surface area contributed by atoms with Crippen LogP contribution in [-0.2, 0) is 19.1 Å². The minimum atomic E-state index is -4.51. The number of hydrogen-bond acceptors (Lipinski definition) is 6. The molecule has 4 heterocycles. The predicted molar refractivity (Wildman–Crippen MR) is 104 cm³/mol. The fourth-order valence-electron chi connectivity index (χ4n) is 5.25. The fraction of sp³-hybridized carbons (Fsp3) is 0.900. The molecule has 0 aromatic heterocycles. The quantitative estimate of drug-likeness (QED) is 0.681. The Morgan fingerprint density at radius 3 is 2.65 bits per heavy atom. The van der Waals surface area contributed by atoms with Crippen LogP contribution in [0.1, 0.15) is 32.6 Å². The van der Waals surface area contributed by atoms with Crippen LogP contribution >= 0.6 is 0 Å². The predicted octanol–water partition coefficient (Wildman–Crippen LogP) is 0.566. The highest BCUT2D eigenvalue weighted by Crippen LogP contribution is 2.32. The van der Waals surface area contributed by atoms with Crippen molar-refractivity contribution in [2.75, 3.05) is 46.0 Å². The Labute approximate surface area is 180 Å². The van der Waals surface area contributed by atoms with Gasteiger partial charge in [-0.1, -0.05) is 0 Å². The van der Waals surface area contributed by atoms with Gasteiger partial charge in [0, 0.05) is 51.3 Å². The number of morpholine rings is 1. The lowest BCUT2D eigenvalue weighted by Crippen LogP contribution is -2.68. The zero-order valence-corrected chi connectivity index (χ0v) is 17.8. The summed E-state index contributed by atoms with van der Waals surface area (Å²) in [6, 6.07) is -1.83. The third-order valence-electron chi connectivity index (χ3n) is 6.85. The average molecular weight is 448 g/mol. The third-order valence-corrected chi connectivity index (χ3v) is 6.85. The summed E-state index contributed by atoms with van der Waals surface area (Å²) in [5, 5.41) is 2.77. The van der Waals surface area contributed by atoms with E-state index in [1.54, 1.807) is 0 Å². The summed E-state index contributed by atoms with van der Waals surface area (Å²) in [7, 11) is 0. The second-order valence-corrected chi connectivity index (χ2v) is 8.92. The lowest BCUT2D eigenvalue weighted by atomic mass is 9.96. The number of ether oxygens (including phenoxy) is 2. The van der Waals surface area contributed by atoms with Crippen LogP contribution in [0.5, 0.6) is 0 Å². The molecule has 176 valence electrons. The Balaban J connectivity index is 1.47. The molecule has 31 heavy (non-hydrogen) atoms. The van der Waals surface area contributed by atoms with Crippen molar-refractivity contribution in [3.05, 3.63) is 0 Å². The first kappa shape index (κ1) is 22.8. The van der Waals surface area contributed by atoms with Crippen molar-refractivity contribution in [3.63, 3.8) is 0 Å². The van der Waals surface area contributed by atoms with E-state index in [0.29, 0.717) is 39.2 Å². The third kappa shape index (κ3) is 4.99. The van der Waals surface area contributed by atoms with Crippen molar-refractivity contribution in [1.29, 1.82) is 0 Å². The summed E-state index contributed by atoms with van der Waals surface area (Å²) in [5.41, 5.74) is 0. The molecule has 0 bridgehead atoms. The van der Waals surface area contributed by atoms with Crippen molar-refractivity contribution < 1.29 is 32.2 Å². The minimum Gasteiger partial charge on any atom is -0.379 e. The van der Waals surface area contributed by atoms with Crippen LogP contribution in [0.15, 0.2) is 0 Å². The van der Waals surface area contributed by atoms with E-state index in [-0.39, 0.29) is 43.4 Å². The first-order chi connectivity index (χ1) is 14.7. The fourth-order valence-corrected chi connectivity index (χ4v) is 5.25. The Morgan fingerprint density at radius 1 is 1.16 bits per heavy atom. The first-order valence-electron chi connectivity index (χ1n) is 11.1. The molecule has 0 aromatic carbocycles. The van der Waals surface area contributed by atoms with Crippen molar-refractivity contribution in [1.82, 2.24) is 20.0 Å². The maximum absolute atomic E-state index is 14.0. The number of amides is 2. The smallest absolute Gasteiger partial charge is 0.379 e. The Kier molecular flexibility index (Phi) is 6.76. The van der Waals surface area contributed by atoms with Crippen LogP contribution < -0.4 is 5.32 Å². The minimum absolute atomic E-state index is 0.0545. The second-order valence-electron chi connectivity index (χ2n) is 8.92. The van der Waals surface area contributed by atoms with Crippen molar-refractivity contribution >= 4 is 11.8 Å². The molecule has 2 amide bonds. The number of alkyl halides is 3. The van der Waals surface area contributed by atoms with E-state index in [9.17, 15) is 22.8 Å². The summed E-state index contributed by atoms with van der Waals surface area (Å²) >= 11 is 0. The van der Waals surface area contributed by atoms with Crippen molar-refractivity contribution in [2.45, 2.75) is 69.2 Å². The van der Waals surface area contributed by atoms with Crippen LogP contribution in [0.3, 0.4) is 0 Å². The van der Waals surface area contributed by atoms with Crippen LogP contribution in [0.2, 0.25) is 0 Å². The van der Waals surface area contributed by atoms with E-state index in [2.05, 4.69) is 10.2 Å². The summed E-state index contributed by atoms with van der Waals surface area (Å²) in [5.74, 6) is -0.599. The lowest BCUT2D eigenvalue weighted by molar-refractivity contribution is -0.210. The molecular weight excluding hydrogens is 417 g/mol. The van der Waals surface area contributed by atoms with Gasteiger partial charge in [0.05, 0.1) is 19.4 Å². The lowest BCUT2D eigenvalue weighted by Gasteiger charge is -2.49. The standard InChI is InChI=1S/C20H31F3N4O4/c1-13-12-30-8-6-26(13)14-9-17(24-18(28)10-14)27-5-4-25(11-16(27)20(21,22)23)19(29)15-3-2-7-31-15/h13-17H,2-12H2,1H3,(H,24,28)/t13-,14?,15?,16-,17?/m1/s1. The first-order valence-corrected chi connectivity index (χ1v) is 11.1. The van der Waals surface area contributed by atoms with Crippen LogP contribution in [0.4, 0.5) is 13.2 Å². The number of carbonyl (C=O) groups excluding carboxylic acids is 2. The molecular formula is C20H31F3N4O4. The molecule has 3 unspecified atom stereocenters. The molecule has 0 aromatic rings. The summed E-state index contributed by atoms with van der Waals surface area (Å²) in [6.07, 6.45) is -3.88. The van der Waals surface area contributed by atoms with Crippen LogP contribution in [0.25, 0.3) is 0 Å². The highest BCUT2D eigenvalue weighted by Gasteiger charge is 2.51. The van der Waals surface area contributed by atoms with Crippen molar-refractivity contribution in [3.8, 4) is 0 Å². The molecule has 0 aliphatic carbocycles. The van der Waals surface area contributed by atoms with Gasteiger partial charge >= 0.3 is 6.18 Å². The molecule has 0 radical (unpaired) electrons. The van der Waals surface area contributed by atoms with Gasteiger partial charge in [0.1, 0.15) is 12.1 Å². The number of carbonyl (C=O) groups is 2. The maximum atomic E-state index is 14.0. The van der Waals surface area contributed by atoms with E-state index >= 15 is 0 Å². The average Bonchev–Trinajstić information content (AvgIpc) is 3.27. The molecule has 11 heteroatoms. The van der Waals surface area contributed by atoms with Crippen molar-refractivity contribution in [2.24, 2.45) is 0 Å². The molecule has 4 aliphatic heterocycles. The molecule has 8 nitrogen and oxygen atoms in total. The zero-order valence-electron chi connectivity index (χ0n) is 17.8. The second kappa shape index (κ2) is 9.21. The highest BCUT2D eigenvalue weighted by atomic mass is 19.4. The van der Waals surface area contributed by atoms with Gasteiger partial charge in [-0.25, -0.2) is 0 Å². The zero-order chi connectivity index (χ0) is 22.2. The van der Waals surface area contributed by atoms with Crippen LogP contribution in [0, 0.1) is 0 Å². The number of nitrogens with one attached hydrogen (secondary N) is 1. The summed E-state index contributed by atoms with van der Waals surface area (Å²) < 4.78 is 52.9. The van der Waals surface area contributed by atoms with E-state index < -0.39 is 31.0 Å². The maximum Gasteiger partial charge on any atom is 0.405 e. The van der Waals surface area contributed by atoms with E-state index in [0.717, 1.165) is 6.42 Å². The number of hydrogen-bond donors (Lipinski definition) is 1. The van der Waals surface area contributed by atoms with Gasteiger partial charge in [-0.05, 0) is 26.2 Å². The monoisotopic (exact) mass is 448 g/mol. The van der Waals surface area contributed by atoms with Gasteiger partial charge < -0.3 is 19.7 Å². The van der Waals surface area contributed by atoms with Crippen LogP contribution in [-0.4, -0.2) is 109 Å². The molecule has 1 N–H and O–H groups in total. The Bertz CT molecular complexity index is 673. The number of halogens is 3. The summed E-state index contributed by atoms with van der Waals surface area (Å²) in [6.45, 7) is 4.06. The molecule has 4 fully saturated rings. The summed E-state index contributed by atoms with van der Waals surface area (Å²) in [4.78, 5) is 29.8. The van der Waals surface area contributed by atoms with Gasteiger partial charge in [-0.15, -0.1) is 0 Å². The molecule has 0 spiro atoms. The van der Waals surface area contributed by atoms with E-state index in [1.807, 2.05) is 6.92 Å². The van der Waals surface area contributed by atoms with Gasteiger partial charge in [-0.2, -0.15) is 13.2 Å². The molecule has 5 atom stereocenters.